The number of hydrogen-bond donors (Lipinski definition) is 1. The number of likely N-dealkylation sites (tertiary alicyclic amines) is 1. The molecule has 0 aromatic carbocycles. The van der Waals surface area contributed by atoms with Crippen LogP contribution in [-0.2, 0) is 9.53 Å². The molecule has 4 heteroatoms. The van der Waals surface area contributed by atoms with Gasteiger partial charge < -0.3 is 15.0 Å². The Morgan fingerprint density at radius 2 is 2.11 bits per heavy atom. The smallest absolute Gasteiger partial charge is 0.323 e. The van der Waals surface area contributed by atoms with Crippen molar-refractivity contribution in [1.82, 2.24) is 10.2 Å². The number of methoxy groups -OCH3 is 1. The van der Waals surface area contributed by atoms with Crippen LogP contribution in [0.2, 0.25) is 0 Å². The van der Waals surface area contributed by atoms with E-state index in [0.717, 1.165) is 13.1 Å². The maximum atomic E-state index is 11.8. The third-order valence-electron chi connectivity index (χ3n) is 4.26. The summed E-state index contributed by atoms with van der Waals surface area (Å²) < 4.78 is 4.89. The Morgan fingerprint density at radius 1 is 1.42 bits per heavy atom. The van der Waals surface area contributed by atoms with Crippen LogP contribution >= 0.6 is 0 Å². The Bertz CT molecular complexity index is 281. The fraction of sp³-hybridized carbons (Fsp3) is 0.933. The highest BCUT2D eigenvalue weighted by Gasteiger charge is 2.29. The van der Waals surface area contributed by atoms with E-state index >= 15 is 0 Å². The molecule has 0 bridgehead atoms. The van der Waals surface area contributed by atoms with Crippen molar-refractivity contribution in [3.8, 4) is 0 Å². The van der Waals surface area contributed by atoms with Crippen LogP contribution < -0.4 is 5.32 Å². The standard InChI is InChI=1S/C15H30N2O2/c1-6-17-9-7-8-13(10-17)12(4)16-14(11(2)3)15(18)19-5/h11-14,16H,6-10H2,1-5H3/t12?,13?,14-/m0/s1. The zero-order chi connectivity index (χ0) is 14.4. The molecule has 1 rings (SSSR count). The van der Waals surface area contributed by atoms with Crippen LogP contribution in [0, 0.1) is 11.8 Å². The van der Waals surface area contributed by atoms with Gasteiger partial charge in [0.2, 0.25) is 0 Å². The molecule has 4 nitrogen and oxygen atoms in total. The van der Waals surface area contributed by atoms with Gasteiger partial charge >= 0.3 is 5.97 Å². The van der Waals surface area contributed by atoms with Gasteiger partial charge in [-0.25, -0.2) is 0 Å². The molecule has 0 amide bonds. The minimum Gasteiger partial charge on any atom is -0.468 e. The Kier molecular flexibility index (Phi) is 6.80. The van der Waals surface area contributed by atoms with Crippen LogP contribution in [0.25, 0.3) is 0 Å². The first-order valence-electron chi connectivity index (χ1n) is 7.55. The van der Waals surface area contributed by atoms with Crippen molar-refractivity contribution >= 4 is 5.97 Å². The molecule has 1 fully saturated rings. The number of esters is 1. The monoisotopic (exact) mass is 270 g/mol. The molecule has 3 atom stereocenters. The average molecular weight is 270 g/mol. The quantitative estimate of drug-likeness (QED) is 0.749. The number of carbonyl (C=O) groups is 1. The Morgan fingerprint density at radius 3 is 2.63 bits per heavy atom. The minimum atomic E-state index is -0.197. The summed E-state index contributed by atoms with van der Waals surface area (Å²) in [5.74, 6) is 0.727. The molecule has 19 heavy (non-hydrogen) atoms. The number of rotatable bonds is 6. The van der Waals surface area contributed by atoms with Gasteiger partial charge in [-0.05, 0) is 44.7 Å². The highest BCUT2D eigenvalue weighted by atomic mass is 16.5. The molecule has 1 N–H and O–H groups in total. The van der Waals surface area contributed by atoms with Gasteiger partial charge in [0.1, 0.15) is 6.04 Å². The lowest BCUT2D eigenvalue weighted by Crippen LogP contribution is -2.51. The van der Waals surface area contributed by atoms with Crippen molar-refractivity contribution in [2.24, 2.45) is 11.8 Å². The van der Waals surface area contributed by atoms with Gasteiger partial charge in [0.15, 0.2) is 0 Å². The second-order valence-electron chi connectivity index (χ2n) is 6.00. The highest BCUT2D eigenvalue weighted by molar-refractivity contribution is 5.75. The van der Waals surface area contributed by atoms with Crippen molar-refractivity contribution in [1.29, 1.82) is 0 Å². The largest absolute Gasteiger partial charge is 0.468 e. The second-order valence-corrected chi connectivity index (χ2v) is 6.00. The summed E-state index contributed by atoms with van der Waals surface area (Å²) in [7, 11) is 1.46. The lowest BCUT2D eigenvalue weighted by atomic mass is 9.90. The van der Waals surface area contributed by atoms with E-state index in [4.69, 9.17) is 4.74 Å². The van der Waals surface area contributed by atoms with Gasteiger partial charge in [-0.15, -0.1) is 0 Å². The predicted octanol–water partition coefficient (Wildman–Crippen LogP) is 1.89. The molecule has 1 saturated heterocycles. The maximum absolute atomic E-state index is 11.8. The Hall–Kier alpha value is -0.610. The lowest BCUT2D eigenvalue weighted by molar-refractivity contribution is -0.144. The third kappa shape index (κ3) is 4.77. The van der Waals surface area contributed by atoms with E-state index in [1.54, 1.807) is 0 Å². The topological polar surface area (TPSA) is 41.6 Å². The van der Waals surface area contributed by atoms with Crippen LogP contribution in [0.15, 0.2) is 0 Å². The number of nitrogens with one attached hydrogen (secondary N) is 1. The minimum absolute atomic E-state index is 0.148. The summed E-state index contributed by atoms with van der Waals surface area (Å²) in [4.78, 5) is 14.3. The van der Waals surface area contributed by atoms with E-state index in [1.165, 1.54) is 26.5 Å². The summed E-state index contributed by atoms with van der Waals surface area (Å²) in [5.41, 5.74) is 0. The molecule has 0 aliphatic carbocycles. The number of hydrogen-bond acceptors (Lipinski definition) is 4. The van der Waals surface area contributed by atoms with Crippen molar-refractivity contribution in [3.05, 3.63) is 0 Å². The highest BCUT2D eigenvalue weighted by Crippen LogP contribution is 2.20. The first-order chi connectivity index (χ1) is 8.99. The third-order valence-corrected chi connectivity index (χ3v) is 4.26. The van der Waals surface area contributed by atoms with Crippen LogP contribution in [0.1, 0.15) is 40.5 Å². The van der Waals surface area contributed by atoms with Gasteiger partial charge in [0.25, 0.3) is 0 Å². The zero-order valence-electron chi connectivity index (χ0n) is 13.1. The van der Waals surface area contributed by atoms with Gasteiger partial charge in [-0.1, -0.05) is 20.8 Å². The van der Waals surface area contributed by atoms with E-state index in [9.17, 15) is 4.79 Å². The fourth-order valence-corrected chi connectivity index (χ4v) is 2.87. The van der Waals surface area contributed by atoms with E-state index < -0.39 is 0 Å². The predicted molar refractivity (Wildman–Crippen MR) is 78.1 cm³/mol. The van der Waals surface area contributed by atoms with Crippen LogP contribution in [-0.4, -0.2) is 49.7 Å². The maximum Gasteiger partial charge on any atom is 0.323 e. The van der Waals surface area contributed by atoms with Crippen molar-refractivity contribution in [2.75, 3.05) is 26.7 Å². The molecule has 0 saturated carbocycles. The van der Waals surface area contributed by atoms with E-state index in [1.807, 2.05) is 0 Å². The van der Waals surface area contributed by atoms with E-state index in [-0.39, 0.29) is 17.9 Å². The van der Waals surface area contributed by atoms with Crippen molar-refractivity contribution in [2.45, 2.75) is 52.6 Å². The first-order valence-corrected chi connectivity index (χ1v) is 7.55. The average Bonchev–Trinajstić information content (AvgIpc) is 2.43. The number of nitrogens with zero attached hydrogens (tertiary/aromatic N) is 1. The van der Waals surface area contributed by atoms with Gasteiger partial charge in [-0.2, -0.15) is 0 Å². The zero-order valence-corrected chi connectivity index (χ0v) is 13.1. The van der Waals surface area contributed by atoms with Crippen LogP contribution in [0.4, 0.5) is 0 Å². The summed E-state index contributed by atoms with van der Waals surface area (Å²) in [6, 6.07) is 0.151. The first kappa shape index (κ1) is 16.4. The summed E-state index contributed by atoms with van der Waals surface area (Å²) in [6.07, 6.45) is 2.51. The molecular formula is C15H30N2O2. The molecule has 112 valence electrons. The van der Waals surface area contributed by atoms with Crippen molar-refractivity contribution in [3.63, 3.8) is 0 Å². The Labute approximate surface area is 117 Å². The SMILES string of the molecule is CCN1CCCC(C(C)N[C@H](C(=O)OC)C(C)C)C1. The molecule has 0 aromatic heterocycles. The second kappa shape index (κ2) is 7.85. The molecule has 2 unspecified atom stereocenters. The molecule has 0 radical (unpaired) electrons. The van der Waals surface area contributed by atoms with Crippen LogP contribution in [0.5, 0.6) is 0 Å². The van der Waals surface area contributed by atoms with E-state index in [2.05, 4.69) is 37.9 Å². The van der Waals surface area contributed by atoms with Gasteiger partial charge in [0.05, 0.1) is 7.11 Å². The number of piperidine rings is 1. The van der Waals surface area contributed by atoms with Crippen molar-refractivity contribution < 1.29 is 9.53 Å². The molecule has 1 aliphatic rings. The molecular weight excluding hydrogens is 240 g/mol. The van der Waals surface area contributed by atoms with Crippen LogP contribution in [0.3, 0.4) is 0 Å². The summed E-state index contributed by atoms with van der Waals surface area (Å²) in [5, 5.41) is 3.48. The Balaban J connectivity index is 2.56. The summed E-state index contributed by atoms with van der Waals surface area (Å²) in [6.45, 7) is 12.0. The summed E-state index contributed by atoms with van der Waals surface area (Å²) >= 11 is 0. The molecule has 1 aliphatic heterocycles. The van der Waals surface area contributed by atoms with E-state index in [0.29, 0.717) is 12.0 Å². The molecule has 1 heterocycles. The number of carbonyl (C=O) groups excluding carboxylic acids is 1. The number of ether oxygens (including phenoxy) is 1. The molecule has 0 spiro atoms. The molecule has 0 aromatic rings. The fourth-order valence-electron chi connectivity index (χ4n) is 2.87. The lowest BCUT2D eigenvalue weighted by Gasteiger charge is -2.37. The van der Waals surface area contributed by atoms with Gasteiger partial charge in [-0.3, -0.25) is 4.79 Å². The van der Waals surface area contributed by atoms with Gasteiger partial charge in [0, 0.05) is 12.6 Å². The normalized spacial score (nSPS) is 24.2.